The molecule has 9 nitrogen and oxygen atoms in total. The van der Waals surface area contributed by atoms with Crippen molar-refractivity contribution in [1.29, 1.82) is 0 Å². The van der Waals surface area contributed by atoms with Crippen LogP contribution in [-0.2, 0) is 9.84 Å². The van der Waals surface area contributed by atoms with Gasteiger partial charge in [-0.2, -0.15) is 0 Å². The van der Waals surface area contributed by atoms with Gasteiger partial charge in [-0.1, -0.05) is 29.8 Å². The van der Waals surface area contributed by atoms with Crippen molar-refractivity contribution >= 4 is 15.5 Å². The average molecular weight is 359 g/mol. The van der Waals surface area contributed by atoms with Crippen molar-refractivity contribution in [2.45, 2.75) is 11.8 Å². The predicted molar refractivity (Wildman–Crippen MR) is 89.1 cm³/mol. The number of benzene rings is 2. The van der Waals surface area contributed by atoms with Gasteiger partial charge in [0.25, 0.3) is 5.69 Å². The maximum Gasteiger partial charge on any atom is 0.298 e. The van der Waals surface area contributed by atoms with Crippen LogP contribution in [0.15, 0.2) is 47.4 Å². The lowest BCUT2D eigenvalue weighted by Gasteiger charge is -2.03. The molecule has 0 unspecified atom stereocenters. The van der Waals surface area contributed by atoms with Crippen LogP contribution in [0.25, 0.3) is 17.1 Å². The summed E-state index contributed by atoms with van der Waals surface area (Å²) in [6, 6.07) is 11.0. The van der Waals surface area contributed by atoms with E-state index in [2.05, 4.69) is 15.4 Å². The minimum Gasteiger partial charge on any atom is -0.258 e. The Kier molecular flexibility index (Phi) is 4.05. The largest absolute Gasteiger partial charge is 0.298 e. The van der Waals surface area contributed by atoms with Crippen molar-refractivity contribution in [2.75, 3.05) is 6.26 Å². The third-order valence-corrected chi connectivity index (χ3v) is 4.62. The summed E-state index contributed by atoms with van der Waals surface area (Å²) >= 11 is 0. The summed E-state index contributed by atoms with van der Waals surface area (Å²) in [6.07, 6.45) is 0.981. The molecule has 1 aromatic heterocycles. The fraction of sp³-hybridized carbons (Fsp3) is 0.133. The molecule has 1 heterocycles. The Morgan fingerprint density at radius 3 is 2.40 bits per heavy atom. The minimum absolute atomic E-state index is 0.0308. The van der Waals surface area contributed by atoms with E-state index in [1.165, 1.54) is 12.1 Å². The molecule has 25 heavy (non-hydrogen) atoms. The van der Waals surface area contributed by atoms with E-state index in [9.17, 15) is 18.5 Å². The monoisotopic (exact) mass is 359 g/mol. The molecule has 0 atom stereocenters. The van der Waals surface area contributed by atoms with Crippen LogP contribution in [0.4, 0.5) is 5.69 Å². The van der Waals surface area contributed by atoms with Crippen LogP contribution in [-0.4, -0.2) is 39.8 Å². The summed E-state index contributed by atoms with van der Waals surface area (Å²) < 4.78 is 23.2. The molecular weight excluding hydrogens is 346 g/mol. The Hall–Kier alpha value is -3.14. The van der Waals surface area contributed by atoms with Gasteiger partial charge in [-0.15, -0.1) is 15.0 Å². The van der Waals surface area contributed by atoms with Crippen LogP contribution in [0.1, 0.15) is 5.56 Å². The van der Waals surface area contributed by atoms with E-state index in [1.807, 2.05) is 31.2 Å². The van der Waals surface area contributed by atoms with Gasteiger partial charge in [0.15, 0.2) is 15.5 Å². The SMILES string of the molecule is Cc1ccc(-c2nnn(-c3ccc(S(C)(=O)=O)cc3[N+](=O)[O-])n2)cc1. The lowest BCUT2D eigenvalue weighted by atomic mass is 10.1. The number of aromatic nitrogens is 4. The van der Waals surface area contributed by atoms with E-state index < -0.39 is 20.4 Å². The van der Waals surface area contributed by atoms with Gasteiger partial charge in [0.05, 0.1) is 9.82 Å². The number of nitro groups is 1. The molecule has 0 radical (unpaired) electrons. The number of sulfone groups is 1. The highest BCUT2D eigenvalue weighted by Crippen LogP contribution is 2.26. The van der Waals surface area contributed by atoms with Gasteiger partial charge >= 0.3 is 0 Å². The highest BCUT2D eigenvalue weighted by Gasteiger charge is 2.22. The topological polar surface area (TPSA) is 121 Å². The van der Waals surface area contributed by atoms with Gasteiger partial charge in [-0.3, -0.25) is 10.1 Å². The second kappa shape index (κ2) is 6.06. The fourth-order valence-corrected chi connectivity index (χ4v) is 2.82. The molecular formula is C15H13N5O4S. The fourth-order valence-electron chi connectivity index (χ4n) is 2.18. The summed E-state index contributed by atoms with van der Waals surface area (Å²) in [4.78, 5) is 11.5. The first-order valence-electron chi connectivity index (χ1n) is 7.11. The van der Waals surface area contributed by atoms with Crippen LogP contribution in [0, 0.1) is 17.0 Å². The van der Waals surface area contributed by atoms with Gasteiger partial charge in [0.1, 0.15) is 0 Å². The molecule has 0 saturated heterocycles. The van der Waals surface area contributed by atoms with Gasteiger partial charge in [0.2, 0.25) is 5.82 Å². The van der Waals surface area contributed by atoms with Crippen molar-refractivity contribution in [1.82, 2.24) is 20.2 Å². The first-order chi connectivity index (χ1) is 11.8. The quantitative estimate of drug-likeness (QED) is 0.515. The predicted octanol–water partition coefficient (Wildman–Crippen LogP) is 1.95. The highest BCUT2D eigenvalue weighted by molar-refractivity contribution is 7.90. The molecule has 0 spiro atoms. The van der Waals surface area contributed by atoms with Crippen molar-refractivity contribution in [3.05, 3.63) is 58.1 Å². The van der Waals surface area contributed by atoms with Gasteiger partial charge in [-0.05, 0) is 24.3 Å². The standard InChI is InChI=1S/C15H13N5O4S/c1-10-3-5-11(6-4-10)15-16-18-19(17-15)13-8-7-12(25(2,23)24)9-14(13)20(21)22/h3-9H,1-2H3. The minimum atomic E-state index is -3.57. The smallest absolute Gasteiger partial charge is 0.258 e. The summed E-state index contributed by atoms with van der Waals surface area (Å²) in [5.41, 5.74) is 1.40. The lowest BCUT2D eigenvalue weighted by Crippen LogP contribution is -2.06. The van der Waals surface area contributed by atoms with Crippen LogP contribution >= 0.6 is 0 Å². The maximum atomic E-state index is 11.6. The summed E-state index contributed by atoms with van der Waals surface area (Å²) in [6.45, 7) is 1.95. The van der Waals surface area contributed by atoms with Gasteiger partial charge in [-0.25, -0.2) is 8.42 Å². The summed E-state index contributed by atoms with van der Waals surface area (Å²) in [7, 11) is -3.57. The molecule has 3 rings (SSSR count). The molecule has 0 amide bonds. The maximum absolute atomic E-state index is 11.6. The molecule has 10 heteroatoms. The van der Waals surface area contributed by atoms with Crippen molar-refractivity contribution < 1.29 is 13.3 Å². The Bertz CT molecular complexity index is 1060. The number of nitrogens with zero attached hydrogens (tertiary/aromatic N) is 5. The number of aryl methyl sites for hydroxylation is 1. The van der Waals surface area contributed by atoms with E-state index in [4.69, 9.17) is 0 Å². The van der Waals surface area contributed by atoms with Crippen LogP contribution in [0.3, 0.4) is 0 Å². The zero-order chi connectivity index (χ0) is 18.2. The van der Waals surface area contributed by atoms with E-state index in [0.29, 0.717) is 11.4 Å². The normalized spacial score (nSPS) is 11.4. The van der Waals surface area contributed by atoms with E-state index in [-0.39, 0.29) is 10.6 Å². The first kappa shape index (κ1) is 16.7. The Balaban J connectivity index is 2.08. The zero-order valence-corrected chi connectivity index (χ0v) is 14.1. The highest BCUT2D eigenvalue weighted by atomic mass is 32.2. The lowest BCUT2D eigenvalue weighted by molar-refractivity contribution is -0.384. The second-order valence-corrected chi connectivity index (χ2v) is 7.46. The molecule has 128 valence electrons. The first-order valence-corrected chi connectivity index (χ1v) is 9.01. The zero-order valence-electron chi connectivity index (χ0n) is 13.3. The van der Waals surface area contributed by atoms with Gasteiger partial charge < -0.3 is 0 Å². The van der Waals surface area contributed by atoms with Crippen LogP contribution < -0.4 is 0 Å². The van der Waals surface area contributed by atoms with Crippen molar-refractivity contribution in [2.24, 2.45) is 0 Å². The Morgan fingerprint density at radius 2 is 1.80 bits per heavy atom. The molecule has 0 N–H and O–H groups in total. The number of nitro benzene ring substituents is 1. The van der Waals surface area contributed by atoms with Gasteiger partial charge in [0, 0.05) is 17.9 Å². The molecule has 0 fully saturated rings. The number of hydrogen-bond acceptors (Lipinski definition) is 7. The molecule has 2 aromatic carbocycles. The molecule has 0 saturated carbocycles. The molecule has 0 aliphatic carbocycles. The third-order valence-electron chi connectivity index (χ3n) is 3.51. The average Bonchev–Trinajstić information content (AvgIpc) is 3.04. The van der Waals surface area contributed by atoms with E-state index in [1.54, 1.807) is 0 Å². The Morgan fingerprint density at radius 1 is 1.12 bits per heavy atom. The van der Waals surface area contributed by atoms with E-state index >= 15 is 0 Å². The van der Waals surface area contributed by atoms with E-state index in [0.717, 1.165) is 22.7 Å². The molecule has 0 aliphatic heterocycles. The summed E-state index contributed by atoms with van der Waals surface area (Å²) in [5, 5.41) is 23.2. The van der Waals surface area contributed by atoms with Crippen LogP contribution in [0.5, 0.6) is 0 Å². The molecule has 3 aromatic rings. The van der Waals surface area contributed by atoms with Crippen molar-refractivity contribution in [3.63, 3.8) is 0 Å². The third kappa shape index (κ3) is 3.38. The number of tetrazole rings is 1. The van der Waals surface area contributed by atoms with Crippen molar-refractivity contribution in [3.8, 4) is 17.1 Å². The van der Waals surface area contributed by atoms with Crippen LogP contribution in [0.2, 0.25) is 0 Å². The second-order valence-electron chi connectivity index (χ2n) is 5.45. The number of hydrogen-bond donors (Lipinski definition) is 0. The molecule has 0 aliphatic rings. The molecule has 0 bridgehead atoms. The summed E-state index contributed by atoms with van der Waals surface area (Å²) in [5.74, 6) is 0.307. The number of rotatable bonds is 4. The Labute approximate surface area is 143 Å².